The molecule has 0 fully saturated rings. The van der Waals surface area contributed by atoms with Crippen molar-refractivity contribution in [3.63, 3.8) is 0 Å². The van der Waals surface area contributed by atoms with Crippen molar-refractivity contribution in [2.75, 3.05) is 7.11 Å². The van der Waals surface area contributed by atoms with Gasteiger partial charge in [0.1, 0.15) is 6.33 Å². The molecule has 0 spiro atoms. The van der Waals surface area contributed by atoms with Gasteiger partial charge in [0.15, 0.2) is 11.6 Å². The first-order valence-corrected chi connectivity index (χ1v) is 9.11. The van der Waals surface area contributed by atoms with Crippen LogP contribution in [0.3, 0.4) is 0 Å². The molecule has 3 aromatic rings. The van der Waals surface area contributed by atoms with Gasteiger partial charge in [0.25, 0.3) is 5.91 Å². The fraction of sp³-hybridized carbons (Fsp3) is 0.211. The topological polar surface area (TPSA) is 99.0 Å². The Balaban J connectivity index is 1.82. The first-order valence-electron chi connectivity index (χ1n) is 8.73. The van der Waals surface area contributed by atoms with E-state index in [1.54, 1.807) is 6.92 Å². The van der Waals surface area contributed by atoms with E-state index in [0.29, 0.717) is 11.9 Å². The van der Waals surface area contributed by atoms with Gasteiger partial charge in [-0.1, -0.05) is 11.6 Å². The largest absolute Gasteiger partial charge is 0.465 e. The predicted molar refractivity (Wildman–Crippen MR) is 103 cm³/mol. The molecule has 1 atom stereocenters. The third kappa shape index (κ3) is 5.00. The number of pyridine rings is 1. The zero-order valence-corrected chi connectivity index (χ0v) is 16.9. The second-order valence-corrected chi connectivity index (χ2v) is 6.78. The number of ether oxygens (including phenoxy) is 1. The highest BCUT2D eigenvalue weighted by Gasteiger charge is 2.32. The van der Waals surface area contributed by atoms with Crippen molar-refractivity contribution in [1.82, 2.24) is 25.1 Å². The molecule has 1 aromatic carbocycles. The molecule has 162 valence electrons. The molecule has 0 radical (unpaired) electrons. The van der Waals surface area contributed by atoms with Gasteiger partial charge in [-0.05, 0) is 37.3 Å². The van der Waals surface area contributed by atoms with Gasteiger partial charge in [-0.2, -0.15) is 23.0 Å². The lowest BCUT2D eigenvalue weighted by molar-refractivity contribution is -0.137. The summed E-state index contributed by atoms with van der Waals surface area (Å²) in [5, 5.41) is 6.39. The Hall–Kier alpha value is -3.47. The lowest BCUT2D eigenvalue weighted by atomic mass is 10.1. The van der Waals surface area contributed by atoms with E-state index in [2.05, 4.69) is 25.1 Å². The van der Waals surface area contributed by atoms with E-state index in [1.165, 1.54) is 36.4 Å². The van der Waals surface area contributed by atoms with Crippen LogP contribution in [-0.4, -0.2) is 38.7 Å². The summed E-state index contributed by atoms with van der Waals surface area (Å²) in [4.78, 5) is 32.3. The first-order chi connectivity index (χ1) is 14.6. The predicted octanol–water partition coefficient (Wildman–Crippen LogP) is 3.61. The molecule has 2 aromatic heterocycles. The summed E-state index contributed by atoms with van der Waals surface area (Å²) in [6.07, 6.45) is -2.12. The maximum Gasteiger partial charge on any atom is 0.416 e. The van der Waals surface area contributed by atoms with E-state index in [9.17, 15) is 22.8 Å². The Bertz CT molecular complexity index is 1120. The Morgan fingerprint density at radius 2 is 1.90 bits per heavy atom. The van der Waals surface area contributed by atoms with Crippen LogP contribution in [-0.2, 0) is 10.9 Å². The minimum atomic E-state index is -4.65. The Morgan fingerprint density at radius 1 is 1.16 bits per heavy atom. The zero-order valence-electron chi connectivity index (χ0n) is 16.1. The molecule has 0 aliphatic rings. The molecule has 31 heavy (non-hydrogen) atoms. The number of methoxy groups -OCH3 is 1. The van der Waals surface area contributed by atoms with Crippen LogP contribution in [0.2, 0.25) is 5.02 Å². The molecular weight excluding hydrogens is 439 g/mol. The maximum absolute atomic E-state index is 13.0. The van der Waals surface area contributed by atoms with Crippen LogP contribution in [0, 0.1) is 0 Å². The number of halogens is 4. The molecule has 0 aliphatic heterocycles. The molecule has 12 heteroatoms. The maximum atomic E-state index is 13.0. The average molecular weight is 454 g/mol. The van der Waals surface area contributed by atoms with Crippen LogP contribution in [0.5, 0.6) is 0 Å². The highest BCUT2D eigenvalue weighted by molar-refractivity contribution is 6.31. The second kappa shape index (κ2) is 8.72. The summed E-state index contributed by atoms with van der Waals surface area (Å²) in [5.41, 5.74) is -1.05. The fourth-order valence-corrected chi connectivity index (χ4v) is 2.94. The van der Waals surface area contributed by atoms with Crippen LogP contribution >= 0.6 is 11.6 Å². The number of nitrogens with one attached hydrogen (secondary N) is 1. The minimum Gasteiger partial charge on any atom is -0.465 e. The fourth-order valence-electron chi connectivity index (χ4n) is 2.70. The molecule has 1 amide bonds. The molecule has 0 bridgehead atoms. The van der Waals surface area contributed by atoms with Gasteiger partial charge in [-0.3, -0.25) is 4.79 Å². The summed E-state index contributed by atoms with van der Waals surface area (Å²) < 4.78 is 44.9. The summed E-state index contributed by atoms with van der Waals surface area (Å²) in [7, 11) is 1.24. The third-order valence-corrected chi connectivity index (χ3v) is 4.40. The average Bonchev–Trinajstić information content (AvgIpc) is 3.22. The molecule has 0 saturated carbocycles. The Labute approximate surface area is 179 Å². The highest BCUT2D eigenvalue weighted by Crippen LogP contribution is 2.32. The standard InChI is InChI=1S/C19H15ClF3N5O3/c1-10(27-17(29)12-5-13(19(21,22)23)7-14(20)6-12)16-25-9-26-28(16)15-4-3-11(8-24-15)18(30)31-2/h3-10H,1-2H3,(H,27,29). The van der Waals surface area contributed by atoms with Crippen molar-refractivity contribution in [3.8, 4) is 5.82 Å². The van der Waals surface area contributed by atoms with Crippen molar-refractivity contribution in [2.45, 2.75) is 19.1 Å². The summed E-state index contributed by atoms with van der Waals surface area (Å²) in [5.74, 6) is -0.754. The van der Waals surface area contributed by atoms with Gasteiger partial charge in [0.05, 0.1) is 24.3 Å². The highest BCUT2D eigenvalue weighted by atomic mass is 35.5. The number of nitrogens with zero attached hydrogens (tertiary/aromatic N) is 4. The number of carbonyl (C=O) groups excluding carboxylic acids is 2. The van der Waals surface area contributed by atoms with Crippen LogP contribution < -0.4 is 5.32 Å². The number of carbonyl (C=O) groups is 2. The molecule has 8 nitrogen and oxygen atoms in total. The number of esters is 1. The number of aromatic nitrogens is 4. The number of amides is 1. The zero-order chi connectivity index (χ0) is 22.8. The number of benzene rings is 1. The minimum absolute atomic E-state index is 0.217. The van der Waals surface area contributed by atoms with Crippen LogP contribution in [0.4, 0.5) is 13.2 Å². The smallest absolute Gasteiger partial charge is 0.416 e. The molecule has 0 aliphatic carbocycles. The molecular formula is C19H15ClF3N5O3. The summed E-state index contributed by atoms with van der Waals surface area (Å²) in [6.45, 7) is 1.58. The number of hydrogen-bond donors (Lipinski definition) is 1. The number of rotatable bonds is 5. The Morgan fingerprint density at radius 3 is 2.52 bits per heavy atom. The monoisotopic (exact) mass is 453 g/mol. The Kier molecular flexibility index (Phi) is 6.25. The lowest BCUT2D eigenvalue weighted by Gasteiger charge is -2.15. The quantitative estimate of drug-likeness (QED) is 0.592. The SMILES string of the molecule is COC(=O)c1ccc(-n2ncnc2C(C)NC(=O)c2cc(Cl)cc(C(F)(F)F)c2)nc1. The van der Waals surface area contributed by atoms with E-state index in [4.69, 9.17) is 11.6 Å². The van der Waals surface area contributed by atoms with Crippen LogP contribution in [0.1, 0.15) is 45.1 Å². The van der Waals surface area contributed by atoms with Crippen molar-refractivity contribution < 1.29 is 27.5 Å². The van der Waals surface area contributed by atoms with E-state index in [1.807, 2.05) is 0 Å². The van der Waals surface area contributed by atoms with Gasteiger partial charge >= 0.3 is 12.1 Å². The first kappa shape index (κ1) is 22.2. The van der Waals surface area contributed by atoms with E-state index in [0.717, 1.165) is 12.1 Å². The molecule has 1 N–H and O–H groups in total. The van der Waals surface area contributed by atoms with E-state index in [-0.39, 0.29) is 22.0 Å². The van der Waals surface area contributed by atoms with Crippen molar-refractivity contribution in [2.24, 2.45) is 0 Å². The van der Waals surface area contributed by atoms with Crippen molar-refractivity contribution in [3.05, 3.63) is 70.4 Å². The summed E-state index contributed by atoms with van der Waals surface area (Å²) in [6, 6.07) is 4.83. The summed E-state index contributed by atoms with van der Waals surface area (Å²) >= 11 is 5.74. The van der Waals surface area contributed by atoms with Gasteiger partial charge in [0, 0.05) is 16.8 Å². The third-order valence-electron chi connectivity index (χ3n) is 4.18. The lowest BCUT2D eigenvalue weighted by Crippen LogP contribution is -2.29. The second-order valence-electron chi connectivity index (χ2n) is 6.35. The van der Waals surface area contributed by atoms with Crippen molar-refractivity contribution >= 4 is 23.5 Å². The van der Waals surface area contributed by atoms with Gasteiger partial charge in [0.2, 0.25) is 0 Å². The number of alkyl halides is 3. The molecule has 2 heterocycles. The molecule has 3 rings (SSSR count). The van der Waals surface area contributed by atoms with Crippen LogP contribution in [0.15, 0.2) is 42.9 Å². The molecule has 1 unspecified atom stereocenters. The van der Waals surface area contributed by atoms with Crippen molar-refractivity contribution in [1.29, 1.82) is 0 Å². The number of hydrogen-bond acceptors (Lipinski definition) is 6. The molecule has 0 saturated heterocycles. The van der Waals surface area contributed by atoms with Gasteiger partial charge < -0.3 is 10.1 Å². The van der Waals surface area contributed by atoms with E-state index < -0.39 is 29.7 Å². The van der Waals surface area contributed by atoms with Gasteiger partial charge in [-0.25, -0.2) is 14.8 Å². The van der Waals surface area contributed by atoms with Crippen LogP contribution in [0.25, 0.3) is 5.82 Å². The normalized spacial score (nSPS) is 12.3. The van der Waals surface area contributed by atoms with Gasteiger partial charge in [-0.15, -0.1) is 0 Å². The van der Waals surface area contributed by atoms with E-state index >= 15 is 0 Å².